The van der Waals surface area contributed by atoms with Crippen molar-refractivity contribution in [3.63, 3.8) is 0 Å². The van der Waals surface area contributed by atoms with Gasteiger partial charge < -0.3 is 10.0 Å². The Labute approximate surface area is 164 Å². The molecule has 1 aliphatic heterocycles. The summed E-state index contributed by atoms with van der Waals surface area (Å²) < 4.78 is 14.7. The quantitative estimate of drug-likeness (QED) is 0.816. The Hall–Kier alpha value is -1.60. The second-order valence-electron chi connectivity index (χ2n) is 5.98. The van der Waals surface area contributed by atoms with Crippen molar-refractivity contribution in [1.29, 1.82) is 0 Å². The molecule has 0 spiro atoms. The van der Waals surface area contributed by atoms with Gasteiger partial charge in [-0.15, -0.1) is 0 Å². The number of piperazine rings is 1. The minimum Gasteiger partial charge on any atom is -0.481 e. The predicted octanol–water partition coefficient (Wildman–Crippen LogP) is 3.47. The SMILES string of the molecule is O=C(O)Cc1cccc(S(=O)N2CCN(c3ccc(Cl)c(Cl)c3)CC2)c1. The topological polar surface area (TPSA) is 60.9 Å². The largest absolute Gasteiger partial charge is 0.481 e. The Morgan fingerprint density at radius 1 is 1.04 bits per heavy atom. The van der Waals surface area contributed by atoms with Crippen LogP contribution in [0.2, 0.25) is 10.0 Å². The summed E-state index contributed by atoms with van der Waals surface area (Å²) >= 11 is 12.0. The number of carbonyl (C=O) groups is 1. The van der Waals surface area contributed by atoms with Crippen LogP contribution in [0.25, 0.3) is 0 Å². The minimum atomic E-state index is -1.31. The number of anilines is 1. The lowest BCUT2D eigenvalue weighted by molar-refractivity contribution is -0.136. The van der Waals surface area contributed by atoms with Gasteiger partial charge in [0.15, 0.2) is 0 Å². The smallest absolute Gasteiger partial charge is 0.307 e. The average Bonchev–Trinajstić information content (AvgIpc) is 2.63. The highest BCUT2D eigenvalue weighted by Gasteiger charge is 2.23. The first-order valence-electron chi connectivity index (χ1n) is 8.11. The third-order valence-corrected chi connectivity index (χ3v) is 6.43. The highest BCUT2D eigenvalue weighted by molar-refractivity contribution is 7.82. The van der Waals surface area contributed by atoms with E-state index in [1.807, 2.05) is 16.4 Å². The van der Waals surface area contributed by atoms with Crippen LogP contribution in [0.5, 0.6) is 0 Å². The van der Waals surface area contributed by atoms with Crippen molar-refractivity contribution in [1.82, 2.24) is 4.31 Å². The van der Waals surface area contributed by atoms with Crippen LogP contribution in [0.4, 0.5) is 5.69 Å². The predicted molar refractivity (Wildman–Crippen MR) is 104 cm³/mol. The minimum absolute atomic E-state index is 0.0733. The first-order valence-corrected chi connectivity index (χ1v) is 9.98. The van der Waals surface area contributed by atoms with Gasteiger partial charge in [0.1, 0.15) is 11.0 Å². The molecule has 8 heteroatoms. The summed E-state index contributed by atoms with van der Waals surface area (Å²) in [6.45, 7) is 2.71. The summed E-state index contributed by atoms with van der Waals surface area (Å²) in [5.41, 5.74) is 1.64. The molecule has 1 heterocycles. The van der Waals surface area contributed by atoms with Crippen LogP contribution in [0.3, 0.4) is 0 Å². The lowest BCUT2D eigenvalue weighted by Crippen LogP contribution is -2.46. The fraction of sp³-hybridized carbons (Fsp3) is 0.278. The number of hydrogen-bond donors (Lipinski definition) is 1. The summed E-state index contributed by atoms with van der Waals surface area (Å²) in [5.74, 6) is -0.900. The Bertz CT molecular complexity index is 839. The molecule has 0 saturated carbocycles. The zero-order chi connectivity index (χ0) is 18.7. The lowest BCUT2D eigenvalue weighted by atomic mass is 10.2. The maximum absolute atomic E-state index is 12.8. The molecule has 26 heavy (non-hydrogen) atoms. The summed E-state index contributed by atoms with van der Waals surface area (Å²) in [4.78, 5) is 13.7. The van der Waals surface area contributed by atoms with Crippen LogP contribution in [-0.2, 0) is 22.2 Å². The van der Waals surface area contributed by atoms with Crippen molar-refractivity contribution >= 4 is 45.8 Å². The molecule has 1 N–H and O–H groups in total. The number of nitrogens with zero attached hydrogens (tertiary/aromatic N) is 2. The molecule has 0 aliphatic carbocycles. The molecule has 1 unspecified atom stereocenters. The molecule has 2 aromatic rings. The van der Waals surface area contributed by atoms with Crippen molar-refractivity contribution in [2.45, 2.75) is 11.3 Å². The number of rotatable bonds is 5. The standard InChI is InChI=1S/C18H18Cl2N2O3S/c19-16-5-4-14(12-17(16)20)21-6-8-22(9-7-21)26(25)15-3-1-2-13(10-15)11-18(23)24/h1-5,10,12H,6-9,11H2,(H,23,24). The molecule has 1 fully saturated rings. The second-order valence-corrected chi connectivity index (χ2v) is 8.28. The maximum Gasteiger partial charge on any atom is 0.307 e. The molecule has 5 nitrogen and oxygen atoms in total. The van der Waals surface area contributed by atoms with E-state index in [-0.39, 0.29) is 6.42 Å². The molecule has 3 rings (SSSR count). The van der Waals surface area contributed by atoms with Crippen molar-refractivity contribution in [3.8, 4) is 0 Å². The highest BCUT2D eigenvalue weighted by Crippen LogP contribution is 2.28. The number of hydrogen-bond acceptors (Lipinski definition) is 3. The van der Waals surface area contributed by atoms with Gasteiger partial charge in [-0.2, -0.15) is 0 Å². The second kappa shape index (κ2) is 8.39. The molecule has 0 aromatic heterocycles. The van der Waals surface area contributed by atoms with Gasteiger partial charge >= 0.3 is 5.97 Å². The van der Waals surface area contributed by atoms with Gasteiger partial charge in [0.25, 0.3) is 0 Å². The van der Waals surface area contributed by atoms with Gasteiger partial charge in [-0.1, -0.05) is 35.3 Å². The van der Waals surface area contributed by atoms with E-state index < -0.39 is 17.0 Å². The average molecular weight is 413 g/mol. The molecule has 0 amide bonds. The fourth-order valence-corrected chi connectivity index (χ4v) is 4.41. The summed E-state index contributed by atoms with van der Waals surface area (Å²) in [6, 6.07) is 12.5. The van der Waals surface area contributed by atoms with Gasteiger partial charge in [0.2, 0.25) is 0 Å². The van der Waals surface area contributed by atoms with E-state index in [0.717, 1.165) is 18.8 Å². The lowest BCUT2D eigenvalue weighted by Gasteiger charge is -2.35. The molecule has 1 aliphatic rings. The van der Waals surface area contributed by atoms with Gasteiger partial charge in [-0.05, 0) is 35.9 Å². The van der Waals surface area contributed by atoms with Crippen LogP contribution in [-0.4, -0.2) is 45.8 Å². The molecule has 0 radical (unpaired) electrons. The monoisotopic (exact) mass is 412 g/mol. The van der Waals surface area contributed by atoms with E-state index in [0.29, 0.717) is 33.6 Å². The number of carboxylic acid groups (broad SMARTS) is 1. The number of benzene rings is 2. The molecule has 0 bridgehead atoms. The van der Waals surface area contributed by atoms with Crippen molar-refractivity contribution in [2.24, 2.45) is 0 Å². The van der Waals surface area contributed by atoms with E-state index in [1.165, 1.54) is 0 Å². The first kappa shape index (κ1) is 19.2. The van der Waals surface area contributed by atoms with Crippen molar-refractivity contribution in [3.05, 3.63) is 58.1 Å². The van der Waals surface area contributed by atoms with E-state index >= 15 is 0 Å². The zero-order valence-electron chi connectivity index (χ0n) is 13.9. The van der Waals surface area contributed by atoms with Crippen LogP contribution in [0.1, 0.15) is 5.56 Å². The van der Waals surface area contributed by atoms with E-state index in [9.17, 15) is 9.00 Å². The maximum atomic E-state index is 12.8. The molecule has 1 saturated heterocycles. The van der Waals surface area contributed by atoms with Gasteiger partial charge in [-0.3, -0.25) is 4.79 Å². The fourth-order valence-electron chi connectivity index (χ4n) is 2.88. The van der Waals surface area contributed by atoms with Gasteiger partial charge in [0, 0.05) is 31.9 Å². The van der Waals surface area contributed by atoms with E-state index in [1.54, 1.807) is 30.3 Å². The first-order chi connectivity index (χ1) is 12.4. The van der Waals surface area contributed by atoms with E-state index in [2.05, 4.69) is 4.90 Å². The molecular weight excluding hydrogens is 395 g/mol. The zero-order valence-corrected chi connectivity index (χ0v) is 16.2. The Morgan fingerprint density at radius 3 is 2.42 bits per heavy atom. The summed E-state index contributed by atoms with van der Waals surface area (Å²) in [6.07, 6.45) is -0.0733. The van der Waals surface area contributed by atoms with Crippen LogP contribution in [0, 0.1) is 0 Å². The van der Waals surface area contributed by atoms with Crippen molar-refractivity contribution < 1.29 is 14.1 Å². The summed E-state index contributed by atoms with van der Waals surface area (Å²) in [5, 5.41) is 9.95. The number of aliphatic carboxylic acids is 1. The third kappa shape index (κ3) is 4.57. The molecule has 2 aromatic carbocycles. The van der Waals surface area contributed by atoms with Crippen molar-refractivity contribution in [2.75, 3.05) is 31.1 Å². The Morgan fingerprint density at radius 2 is 1.77 bits per heavy atom. The Kier molecular flexibility index (Phi) is 6.19. The van der Waals surface area contributed by atoms with Gasteiger partial charge in [0.05, 0.1) is 21.4 Å². The number of carboxylic acids is 1. The highest BCUT2D eigenvalue weighted by atomic mass is 35.5. The normalized spacial score (nSPS) is 16.5. The third-order valence-electron chi connectivity index (χ3n) is 4.20. The van der Waals surface area contributed by atoms with Crippen LogP contribution >= 0.6 is 23.2 Å². The summed E-state index contributed by atoms with van der Waals surface area (Å²) in [7, 11) is -1.31. The molecule has 138 valence electrons. The molecular formula is C18H18Cl2N2O3S. The van der Waals surface area contributed by atoms with Crippen LogP contribution < -0.4 is 4.90 Å². The van der Waals surface area contributed by atoms with E-state index in [4.69, 9.17) is 28.3 Å². The Balaban J connectivity index is 1.65. The molecule has 1 atom stereocenters. The van der Waals surface area contributed by atoms with Crippen LogP contribution in [0.15, 0.2) is 47.4 Å². The number of halogens is 2. The van der Waals surface area contributed by atoms with Gasteiger partial charge in [-0.25, -0.2) is 8.51 Å².